The van der Waals surface area contributed by atoms with Crippen molar-refractivity contribution in [3.8, 4) is 0 Å². The molecule has 0 atom stereocenters. The number of piperidine rings is 1. The van der Waals surface area contributed by atoms with Crippen molar-refractivity contribution in [3.05, 3.63) is 29.6 Å². The Morgan fingerprint density at radius 1 is 1.09 bits per heavy atom. The Kier molecular flexibility index (Phi) is 4.09. The van der Waals surface area contributed by atoms with Gasteiger partial charge in [-0.2, -0.15) is 0 Å². The second kappa shape index (κ2) is 6.02. The number of rotatable bonds is 3. The molecule has 6 nitrogen and oxygen atoms in total. The average molecular weight is 300 g/mol. The summed E-state index contributed by atoms with van der Waals surface area (Å²) in [5.41, 5.74) is 2.06. The van der Waals surface area contributed by atoms with Crippen LogP contribution in [0, 0.1) is 13.8 Å². The maximum atomic E-state index is 4.57. The van der Waals surface area contributed by atoms with Crippen LogP contribution in [0.4, 0.5) is 5.95 Å². The molecule has 118 valence electrons. The molecule has 0 amide bonds. The van der Waals surface area contributed by atoms with E-state index >= 15 is 0 Å². The lowest BCUT2D eigenvalue weighted by Crippen LogP contribution is -2.35. The molecule has 3 heterocycles. The van der Waals surface area contributed by atoms with Crippen LogP contribution < -0.4 is 4.90 Å². The van der Waals surface area contributed by atoms with Crippen molar-refractivity contribution in [2.45, 2.75) is 52.5 Å². The highest BCUT2D eigenvalue weighted by atomic mass is 15.3. The summed E-state index contributed by atoms with van der Waals surface area (Å²) in [6.07, 6.45) is 3.99. The fraction of sp³-hybridized carbons (Fsp3) is 0.625. The third-order valence-electron chi connectivity index (χ3n) is 4.27. The van der Waals surface area contributed by atoms with Crippen LogP contribution in [-0.2, 0) is 0 Å². The van der Waals surface area contributed by atoms with E-state index in [0.29, 0.717) is 12.0 Å². The van der Waals surface area contributed by atoms with Crippen LogP contribution in [0.1, 0.15) is 55.9 Å². The summed E-state index contributed by atoms with van der Waals surface area (Å²) in [7, 11) is 0. The molecule has 1 aliphatic rings. The number of nitrogens with zero attached hydrogens (tertiary/aromatic N) is 6. The van der Waals surface area contributed by atoms with Gasteiger partial charge in [-0.25, -0.2) is 9.97 Å². The summed E-state index contributed by atoms with van der Waals surface area (Å²) >= 11 is 0. The zero-order valence-corrected chi connectivity index (χ0v) is 13.8. The van der Waals surface area contributed by atoms with Crippen molar-refractivity contribution in [1.29, 1.82) is 0 Å². The molecule has 0 spiro atoms. The fourth-order valence-corrected chi connectivity index (χ4v) is 3.13. The third-order valence-corrected chi connectivity index (χ3v) is 4.27. The van der Waals surface area contributed by atoms with Gasteiger partial charge < -0.3 is 9.47 Å². The molecule has 3 rings (SSSR count). The van der Waals surface area contributed by atoms with Gasteiger partial charge in [-0.05, 0) is 46.6 Å². The summed E-state index contributed by atoms with van der Waals surface area (Å²) < 4.78 is 2.19. The minimum atomic E-state index is 0.408. The molecule has 0 bridgehead atoms. The molecule has 0 radical (unpaired) electrons. The van der Waals surface area contributed by atoms with Crippen LogP contribution in [0.15, 0.2) is 12.4 Å². The van der Waals surface area contributed by atoms with Gasteiger partial charge in [-0.3, -0.25) is 0 Å². The number of aromatic nitrogens is 5. The standard InChI is InChI=1S/C16H24N6/c1-11(2)22-10-17-20-15(22)14-5-7-21(8-6-14)16-18-12(3)9-13(4)19-16/h9-11,14H,5-8H2,1-4H3. The normalized spacial score (nSPS) is 16.5. The molecule has 0 N–H and O–H groups in total. The van der Waals surface area contributed by atoms with Crippen molar-refractivity contribution in [2.24, 2.45) is 0 Å². The molecule has 2 aromatic rings. The molecule has 1 fully saturated rings. The van der Waals surface area contributed by atoms with Gasteiger partial charge in [0, 0.05) is 36.4 Å². The Balaban J connectivity index is 1.71. The van der Waals surface area contributed by atoms with Gasteiger partial charge in [0.2, 0.25) is 5.95 Å². The Hall–Kier alpha value is -1.98. The van der Waals surface area contributed by atoms with E-state index in [0.717, 1.165) is 49.1 Å². The van der Waals surface area contributed by atoms with E-state index in [1.165, 1.54) is 0 Å². The molecule has 1 saturated heterocycles. The molecule has 1 aliphatic heterocycles. The molecule has 22 heavy (non-hydrogen) atoms. The predicted octanol–water partition coefficient (Wildman–Crippen LogP) is 2.65. The van der Waals surface area contributed by atoms with Crippen molar-refractivity contribution in [2.75, 3.05) is 18.0 Å². The summed E-state index contributed by atoms with van der Waals surface area (Å²) in [5.74, 6) is 2.46. The average Bonchev–Trinajstić information content (AvgIpc) is 2.96. The molecule has 0 unspecified atom stereocenters. The first-order valence-electron chi connectivity index (χ1n) is 8.01. The number of hydrogen-bond donors (Lipinski definition) is 0. The van der Waals surface area contributed by atoms with Gasteiger partial charge >= 0.3 is 0 Å². The lowest BCUT2D eigenvalue weighted by molar-refractivity contribution is 0.446. The SMILES string of the molecule is Cc1cc(C)nc(N2CCC(c3nncn3C(C)C)CC2)n1. The molecule has 0 aliphatic carbocycles. The van der Waals surface area contributed by atoms with E-state index in [-0.39, 0.29) is 0 Å². The minimum Gasteiger partial charge on any atom is -0.341 e. The lowest BCUT2D eigenvalue weighted by atomic mass is 9.96. The molecule has 0 aromatic carbocycles. The highest BCUT2D eigenvalue weighted by Crippen LogP contribution is 2.29. The van der Waals surface area contributed by atoms with Crippen LogP contribution in [0.2, 0.25) is 0 Å². The maximum absolute atomic E-state index is 4.57. The van der Waals surface area contributed by atoms with Gasteiger partial charge in [0.25, 0.3) is 0 Å². The van der Waals surface area contributed by atoms with Crippen LogP contribution in [-0.4, -0.2) is 37.8 Å². The number of aryl methyl sites for hydroxylation is 2. The predicted molar refractivity (Wildman–Crippen MR) is 86.1 cm³/mol. The first-order chi connectivity index (χ1) is 10.5. The van der Waals surface area contributed by atoms with Gasteiger partial charge in [0.1, 0.15) is 12.2 Å². The number of anilines is 1. The Morgan fingerprint density at radius 2 is 1.73 bits per heavy atom. The van der Waals surface area contributed by atoms with Gasteiger partial charge in [0.15, 0.2) is 0 Å². The summed E-state index contributed by atoms with van der Waals surface area (Å²) in [6.45, 7) is 10.3. The zero-order valence-electron chi connectivity index (χ0n) is 13.8. The fourth-order valence-electron chi connectivity index (χ4n) is 3.13. The van der Waals surface area contributed by atoms with Crippen molar-refractivity contribution in [3.63, 3.8) is 0 Å². The van der Waals surface area contributed by atoms with Crippen LogP contribution in [0.3, 0.4) is 0 Å². The molecule has 0 saturated carbocycles. The zero-order chi connectivity index (χ0) is 15.7. The molecule has 6 heteroatoms. The van der Waals surface area contributed by atoms with Crippen LogP contribution >= 0.6 is 0 Å². The summed E-state index contributed by atoms with van der Waals surface area (Å²) in [4.78, 5) is 11.4. The highest BCUT2D eigenvalue weighted by molar-refractivity contribution is 5.33. The summed E-state index contributed by atoms with van der Waals surface area (Å²) in [5, 5.41) is 8.44. The monoisotopic (exact) mass is 300 g/mol. The Bertz CT molecular complexity index is 620. The van der Waals surface area contributed by atoms with Crippen molar-refractivity contribution < 1.29 is 0 Å². The quantitative estimate of drug-likeness (QED) is 0.872. The summed E-state index contributed by atoms with van der Waals surface area (Å²) in [6, 6.07) is 2.42. The van der Waals surface area contributed by atoms with E-state index in [9.17, 15) is 0 Å². The van der Waals surface area contributed by atoms with E-state index in [4.69, 9.17) is 0 Å². The van der Waals surface area contributed by atoms with E-state index in [1.807, 2.05) is 26.2 Å². The molecular formula is C16H24N6. The Labute approximate surface area is 131 Å². The first-order valence-corrected chi connectivity index (χ1v) is 8.01. The highest BCUT2D eigenvalue weighted by Gasteiger charge is 2.26. The van der Waals surface area contributed by atoms with Crippen molar-refractivity contribution >= 4 is 5.95 Å². The second-order valence-corrected chi connectivity index (χ2v) is 6.40. The largest absolute Gasteiger partial charge is 0.341 e. The maximum Gasteiger partial charge on any atom is 0.225 e. The lowest BCUT2D eigenvalue weighted by Gasteiger charge is -2.32. The van der Waals surface area contributed by atoms with Crippen molar-refractivity contribution in [1.82, 2.24) is 24.7 Å². The van der Waals surface area contributed by atoms with Gasteiger partial charge in [-0.15, -0.1) is 10.2 Å². The van der Waals surface area contributed by atoms with Gasteiger partial charge in [0.05, 0.1) is 0 Å². The van der Waals surface area contributed by atoms with Crippen LogP contribution in [0.25, 0.3) is 0 Å². The molecule has 2 aromatic heterocycles. The van der Waals surface area contributed by atoms with E-state index in [2.05, 4.69) is 43.5 Å². The number of hydrogen-bond acceptors (Lipinski definition) is 5. The first kappa shape index (κ1) is 14.9. The third kappa shape index (κ3) is 2.96. The second-order valence-electron chi connectivity index (χ2n) is 6.40. The Morgan fingerprint density at radius 3 is 2.32 bits per heavy atom. The minimum absolute atomic E-state index is 0.408. The molecular weight excluding hydrogens is 276 g/mol. The topological polar surface area (TPSA) is 59.7 Å². The smallest absolute Gasteiger partial charge is 0.225 e. The van der Waals surface area contributed by atoms with Gasteiger partial charge in [-0.1, -0.05) is 0 Å². The van der Waals surface area contributed by atoms with E-state index < -0.39 is 0 Å². The van der Waals surface area contributed by atoms with E-state index in [1.54, 1.807) is 0 Å². The van der Waals surface area contributed by atoms with Crippen LogP contribution in [0.5, 0.6) is 0 Å².